The Bertz CT molecular complexity index is 1430. The van der Waals surface area contributed by atoms with Gasteiger partial charge in [0.15, 0.2) is 0 Å². The Morgan fingerprint density at radius 2 is 1.74 bits per heavy atom. The lowest BCUT2D eigenvalue weighted by atomic mass is 9.95. The van der Waals surface area contributed by atoms with Gasteiger partial charge in [-0.05, 0) is 42.7 Å². The third-order valence-corrected chi connectivity index (χ3v) is 7.25. The Hall–Kier alpha value is -4.19. The summed E-state index contributed by atoms with van der Waals surface area (Å²) < 4.78 is 6.14. The van der Waals surface area contributed by atoms with E-state index in [2.05, 4.69) is 17.4 Å². The zero-order chi connectivity index (χ0) is 24.0. The highest BCUT2D eigenvalue weighted by molar-refractivity contribution is 5.95. The maximum absolute atomic E-state index is 12.4. The number of hydrogen-bond donors (Lipinski definition) is 2. The van der Waals surface area contributed by atoms with Gasteiger partial charge in [-0.25, -0.2) is 4.98 Å². The normalized spacial score (nSPS) is 22.8. The fraction of sp³-hybridized carbons (Fsp3) is 0.207. The summed E-state index contributed by atoms with van der Waals surface area (Å²) in [6.07, 6.45) is 0.949. The van der Waals surface area contributed by atoms with E-state index in [9.17, 15) is 14.7 Å². The first-order chi connectivity index (χ1) is 17.0. The molecular formula is C29H24N2O4. The standard InChI is InChI=1S/C29H24N2O4/c32-27(33)23-15-29(23)16-26(31-28(29)34)19-10-12-21(13-11-19)35-17-20-14-25(18-6-2-1-3-7-18)30-24-9-5-4-8-22(20)24/h1-14,23,26H,15-17H2,(H,31,34)(H,32,33)/t23-,26+,29-/m1/s1. The quantitative estimate of drug-likeness (QED) is 0.413. The van der Waals surface area contributed by atoms with Crippen LogP contribution in [0.3, 0.4) is 0 Å². The van der Waals surface area contributed by atoms with Gasteiger partial charge in [-0.1, -0.05) is 60.7 Å². The minimum Gasteiger partial charge on any atom is -0.489 e. The number of pyridine rings is 1. The number of carboxylic acids is 1. The largest absolute Gasteiger partial charge is 0.489 e. The van der Waals surface area contributed by atoms with Gasteiger partial charge >= 0.3 is 5.97 Å². The molecular weight excluding hydrogens is 440 g/mol. The Balaban J connectivity index is 1.19. The third-order valence-electron chi connectivity index (χ3n) is 7.25. The second-order valence-electron chi connectivity index (χ2n) is 9.39. The molecule has 1 amide bonds. The maximum atomic E-state index is 12.4. The van der Waals surface area contributed by atoms with Crippen LogP contribution in [-0.2, 0) is 16.2 Å². The lowest BCUT2D eigenvalue weighted by Crippen LogP contribution is -2.24. The van der Waals surface area contributed by atoms with E-state index in [0.717, 1.165) is 39.0 Å². The number of ether oxygens (including phenoxy) is 1. The highest BCUT2D eigenvalue weighted by Crippen LogP contribution is 2.60. The second-order valence-corrected chi connectivity index (χ2v) is 9.39. The van der Waals surface area contributed by atoms with Gasteiger partial charge in [0, 0.05) is 16.5 Å². The lowest BCUT2D eigenvalue weighted by molar-refractivity contribution is -0.141. The number of benzene rings is 3. The van der Waals surface area contributed by atoms with Crippen molar-refractivity contribution in [2.24, 2.45) is 11.3 Å². The van der Waals surface area contributed by atoms with Gasteiger partial charge in [-0.2, -0.15) is 0 Å². The summed E-state index contributed by atoms with van der Waals surface area (Å²) in [4.78, 5) is 28.6. The van der Waals surface area contributed by atoms with Crippen molar-refractivity contribution in [2.45, 2.75) is 25.5 Å². The summed E-state index contributed by atoms with van der Waals surface area (Å²) in [5.41, 5.74) is 4.17. The number of carbonyl (C=O) groups excluding carboxylic acids is 1. The van der Waals surface area contributed by atoms with Crippen LogP contribution in [0.1, 0.15) is 30.0 Å². The Morgan fingerprint density at radius 3 is 2.49 bits per heavy atom. The number of aromatic nitrogens is 1. The zero-order valence-corrected chi connectivity index (χ0v) is 19.0. The van der Waals surface area contributed by atoms with Gasteiger partial charge in [0.25, 0.3) is 0 Å². The number of nitrogens with one attached hydrogen (secondary N) is 1. The number of amides is 1. The molecule has 2 aliphatic rings. The van der Waals surface area contributed by atoms with Crippen LogP contribution >= 0.6 is 0 Å². The van der Waals surface area contributed by atoms with Crippen molar-refractivity contribution in [3.05, 3.63) is 96.1 Å². The molecule has 0 unspecified atom stereocenters. The van der Waals surface area contributed by atoms with Crippen LogP contribution in [0.5, 0.6) is 5.75 Å². The smallest absolute Gasteiger partial charge is 0.307 e. The maximum Gasteiger partial charge on any atom is 0.307 e. The molecule has 1 spiro atoms. The molecule has 1 aromatic heterocycles. The molecule has 2 N–H and O–H groups in total. The molecule has 174 valence electrons. The number of rotatable bonds is 6. The van der Waals surface area contributed by atoms with E-state index in [0.29, 0.717) is 19.4 Å². The molecule has 1 saturated carbocycles. The number of para-hydroxylation sites is 1. The fourth-order valence-corrected chi connectivity index (χ4v) is 5.20. The third kappa shape index (κ3) is 3.81. The van der Waals surface area contributed by atoms with E-state index in [1.165, 1.54) is 0 Å². The molecule has 0 bridgehead atoms. The molecule has 1 aliphatic carbocycles. The van der Waals surface area contributed by atoms with E-state index in [-0.39, 0.29) is 11.9 Å². The molecule has 6 nitrogen and oxygen atoms in total. The number of carbonyl (C=O) groups is 2. The monoisotopic (exact) mass is 464 g/mol. The summed E-state index contributed by atoms with van der Waals surface area (Å²) in [5.74, 6) is -0.867. The summed E-state index contributed by atoms with van der Waals surface area (Å²) in [6.45, 7) is 0.395. The number of hydrogen-bond acceptors (Lipinski definition) is 4. The van der Waals surface area contributed by atoms with Crippen LogP contribution in [0.15, 0.2) is 84.9 Å². The van der Waals surface area contributed by atoms with E-state index >= 15 is 0 Å². The van der Waals surface area contributed by atoms with E-state index < -0.39 is 17.3 Å². The fourth-order valence-electron chi connectivity index (χ4n) is 5.20. The number of carboxylic acid groups (broad SMARTS) is 1. The minimum absolute atomic E-state index is 0.144. The van der Waals surface area contributed by atoms with Gasteiger partial charge in [-0.15, -0.1) is 0 Å². The molecule has 6 heteroatoms. The van der Waals surface area contributed by atoms with E-state index in [1.807, 2.05) is 72.8 Å². The summed E-state index contributed by atoms with van der Waals surface area (Å²) in [6, 6.07) is 27.7. The van der Waals surface area contributed by atoms with Gasteiger partial charge in [0.05, 0.1) is 28.6 Å². The molecule has 3 aromatic carbocycles. The molecule has 1 saturated heterocycles. The van der Waals surface area contributed by atoms with Crippen molar-refractivity contribution < 1.29 is 19.4 Å². The van der Waals surface area contributed by atoms with Crippen LogP contribution in [-0.4, -0.2) is 22.0 Å². The lowest BCUT2D eigenvalue weighted by Gasteiger charge is -2.13. The number of fused-ring (bicyclic) bond motifs is 1. The molecule has 0 radical (unpaired) electrons. The predicted octanol–water partition coefficient (Wildman–Crippen LogP) is 5.13. The summed E-state index contributed by atoms with van der Waals surface area (Å²) in [7, 11) is 0. The van der Waals surface area contributed by atoms with Crippen molar-refractivity contribution in [3.8, 4) is 17.0 Å². The van der Waals surface area contributed by atoms with Gasteiger partial charge in [-0.3, -0.25) is 9.59 Å². The first-order valence-corrected chi connectivity index (χ1v) is 11.7. The van der Waals surface area contributed by atoms with Gasteiger partial charge < -0.3 is 15.2 Å². The summed E-state index contributed by atoms with van der Waals surface area (Å²) in [5, 5.41) is 13.3. The topological polar surface area (TPSA) is 88.5 Å². The highest BCUT2D eigenvalue weighted by Gasteiger charge is 2.67. The van der Waals surface area contributed by atoms with E-state index in [1.54, 1.807) is 0 Å². The van der Waals surface area contributed by atoms with Crippen molar-refractivity contribution in [3.63, 3.8) is 0 Å². The summed E-state index contributed by atoms with van der Waals surface area (Å²) >= 11 is 0. The van der Waals surface area contributed by atoms with Crippen molar-refractivity contribution in [2.75, 3.05) is 0 Å². The van der Waals surface area contributed by atoms with E-state index in [4.69, 9.17) is 9.72 Å². The molecule has 35 heavy (non-hydrogen) atoms. The first kappa shape index (κ1) is 21.4. The van der Waals surface area contributed by atoms with Gasteiger partial charge in [0.1, 0.15) is 12.4 Å². The second kappa shape index (κ2) is 8.24. The molecule has 6 rings (SSSR count). The molecule has 2 heterocycles. The number of aliphatic carboxylic acids is 1. The van der Waals surface area contributed by atoms with Crippen LogP contribution in [0.4, 0.5) is 0 Å². The van der Waals surface area contributed by atoms with Crippen molar-refractivity contribution in [1.82, 2.24) is 10.3 Å². The highest BCUT2D eigenvalue weighted by atomic mass is 16.5. The van der Waals surface area contributed by atoms with Crippen molar-refractivity contribution >= 4 is 22.8 Å². The molecule has 2 fully saturated rings. The van der Waals surface area contributed by atoms with Crippen LogP contribution in [0.2, 0.25) is 0 Å². The SMILES string of the molecule is O=C(O)[C@H]1C[C@@]12C[C@@H](c1ccc(OCc3cc(-c4ccccc4)nc4ccccc34)cc1)NC2=O. The molecule has 3 atom stereocenters. The Kier molecular flexibility index (Phi) is 5.02. The van der Waals surface area contributed by atoms with Crippen molar-refractivity contribution in [1.29, 1.82) is 0 Å². The average molecular weight is 465 g/mol. The minimum atomic E-state index is -0.886. The predicted molar refractivity (Wildman–Crippen MR) is 132 cm³/mol. The van der Waals surface area contributed by atoms with Crippen LogP contribution in [0, 0.1) is 11.3 Å². The Morgan fingerprint density at radius 1 is 1.00 bits per heavy atom. The first-order valence-electron chi connectivity index (χ1n) is 11.7. The molecule has 4 aromatic rings. The molecule has 1 aliphatic heterocycles. The van der Waals surface area contributed by atoms with Crippen LogP contribution in [0.25, 0.3) is 22.2 Å². The zero-order valence-electron chi connectivity index (χ0n) is 19.0. The Labute approximate surface area is 202 Å². The number of nitrogens with zero attached hydrogens (tertiary/aromatic N) is 1. The van der Waals surface area contributed by atoms with Gasteiger partial charge in [0.2, 0.25) is 5.91 Å². The average Bonchev–Trinajstić information content (AvgIpc) is 3.54. The van der Waals surface area contributed by atoms with Crippen LogP contribution < -0.4 is 10.1 Å².